The van der Waals surface area contributed by atoms with E-state index in [1.54, 1.807) is 18.5 Å². The van der Waals surface area contributed by atoms with Gasteiger partial charge in [-0.1, -0.05) is 23.4 Å². The molecule has 0 atom stereocenters. The molecule has 0 saturated heterocycles. The topological polar surface area (TPSA) is 72.2 Å². The predicted molar refractivity (Wildman–Crippen MR) is 81.5 cm³/mol. The minimum Gasteiger partial charge on any atom is -0.324 e. The number of halogens is 2. The first kappa shape index (κ1) is 14.7. The van der Waals surface area contributed by atoms with Gasteiger partial charge in [0.1, 0.15) is 5.82 Å². The molecule has 0 radical (unpaired) electrons. The summed E-state index contributed by atoms with van der Waals surface area (Å²) >= 11 is 7.02. The number of carbonyl (C=O) groups is 1. The third-order valence-electron chi connectivity index (χ3n) is 2.63. The number of amides is 1. The Bertz CT molecular complexity index is 807. The van der Waals surface area contributed by atoms with E-state index in [1.807, 2.05) is 0 Å². The van der Waals surface area contributed by atoms with Crippen LogP contribution < -0.4 is 5.32 Å². The molecule has 1 amide bonds. The summed E-state index contributed by atoms with van der Waals surface area (Å²) in [5.74, 6) is -0.180. The van der Waals surface area contributed by atoms with E-state index in [-0.39, 0.29) is 16.7 Å². The Morgan fingerprint density at radius 1 is 1.45 bits per heavy atom. The molecule has 0 bridgehead atoms. The van der Waals surface area contributed by atoms with Crippen molar-refractivity contribution in [1.29, 1.82) is 0 Å². The largest absolute Gasteiger partial charge is 0.324 e. The summed E-state index contributed by atoms with van der Waals surface area (Å²) in [5, 5.41) is 7.37. The summed E-state index contributed by atoms with van der Waals surface area (Å²) in [6.45, 7) is 0. The van der Waals surface area contributed by atoms with E-state index in [0.29, 0.717) is 16.6 Å². The average molecular weight is 338 g/mol. The van der Waals surface area contributed by atoms with Gasteiger partial charge in [-0.05, 0) is 24.3 Å². The second kappa shape index (κ2) is 6.29. The molecule has 2 aromatic heterocycles. The van der Waals surface area contributed by atoms with Crippen molar-refractivity contribution in [2.24, 2.45) is 0 Å². The van der Waals surface area contributed by atoms with Gasteiger partial charge in [0.15, 0.2) is 0 Å². The van der Waals surface area contributed by atoms with Gasteiger partial charge < -0.3 is 5.32 Å². The molecule has 22 heavy (non-hydrogen) atoms. The molecule has 1 N–H and O–H groups in total. The number of benzene rings is 1. The number of hydrogen-bond donors (Lipinski definition) is 1. The fourth-order valence-electron chi connectivity index (χ4n) is 1.68. The predicted octanol–water partition coefficient (Wildman–Crippen LogP) is 2.65. The highest BCUT2D eigenvalue weighted by atomic mass is 35.5. The molecule has 0 aliphatic carbocycles. The fourth-order valence-corrected chi connectivity index (χ4v) is 2.52. The SMILES string of the molecule is O=C(CSc1nc2ncccn2n1)Nc1ccc(F)cc1Cl. The van der Waals surface area contributed by atoms with Crippen molar-refractivity contribution in [2.75, 3.05) is 11.1 Å². The number of fused-ring (bicyclic) bond motifs is 1. The molecule has 6 nitrogen and oxygen atoms in total. The van der Waals surface area contributed by atoms with Gasteiger partial charge in [0.2, 0.25) is 11.1 Å². The Morgan fingerprint density at radius 2 is 2.32 bits per heavy atom. The van der Waals surface area contributed by atoms with Crippen molar-refractivity contribution >= 4 is 40.7 Å². The lowest BCUT2D eigenvalue weighted by Gasteiger charge is -2.06. The van der Waals surface area contributed by atoms with Crippen LogP contribution in [0.3, 0.4) is 0 Å². The van der Waals surface area contributed by atoms with Gasteiger partial charge in [-0.2, -0.15) is 4.98 Å². The Kier molecular flexibility index (Phi) is 4.21. The van der Waals surface area contributed by atoms with E-state index in [2.05, 4.69) is 20.4 Å². The maximum atomic E-state index is 12.9. The lowest BCUT2D eigenvalue weighted by atomic mass is 10.3. The Balaban J connectivity index is 1.62. The third kappa shape index (κ3) is 3.34. The van der Waals surface area contributed by atoms with Gasteiger partial charge in [0.25, 0.3) is 5.78 Å². The number of aromatic nitrogens is 4. The summed E-state index contributed by atoms with van der Waals surface area (Å²) in [7, 11) is 0. The van der Waals surface area contributed by atoms with Crippen molar-refractivity contribution in [3.05, 3.63) is 47.5 Å². The molecule has 0 fully saturated rings. The van der Waals surface area contributed by atoms with Crippen LogP contribution in [0.15, 0.2) is 41.8 Å². The normalized spacial score (nSPS) is 10.8. The molecule has 9 heteroatoms. The number of rotatable bonds is 4. The zero-order valence-corrected chi connectivity index (χ0v) is 12.6. The van der Waals surface area contributed by atoms with Crippen molar-refractivity contribution in [2.45, 2.75) is 5.16 Å². The van der Waals surface area contributed by atoms with E-state index in [1.165, 1.54) is 28.4 Å². The van der Waals surface area contributed by atoms with Crippen LogP contribution in [-0.4, -0.2) is 31.2 Å². The second-order valence-corrected chi connectivity index (χ2v) is 5.57. The van der Waals surface area contributed by atoms with E-state index in [9.17, 15) is 9.18 Å². The smallest absolute Gasteiger partial charge is 0.253 e. The van der Waals surface area contributed by atoms with E-state index in [0.717, 1.165) is 6.07 Å². The molecule has 3 rings (SSSR count). The molecular formula is C13H9ClFN5OS. The Hall–Kier alpha value is -2.19. The number of nitrogens with one attached hydrogen (secondary N) is 1. The summed E-state index contributed by atoms with van der Waals surface area (Å²) in [6, 6.07) is 5.51. The van der Waals surface area contributed by atoms with Crippen LogP contribution in [-0.2, 0) is 4.79 Å². The molecule has 0 unspecified atom stereocenters. The standard InChI is InChI=1S/C13H9ClFN5OS/c14-9-6-8(15)2-3-10(9)17-11(21)7-22-13-18-12-16-4-1-5-20(12)19-13/h1-6H,7H2,(H,17,21). The van der Waals surface area contributed by atoms with Crippen LogP contribution in [0.25, 0.3) is 5.78 Å². The molecule has 0 saturated carbocycles. The first-order chi connectivity index (χ1) is 10.6. The zero-order chi connectivity index (χ0) is 15.5. The van der Waals surface area contributed by atoms with E-state index in [4.69, 9.17) is 11.6 Å². The summed E-state index contributed by atoms with van der Waals surface area (Å²) in [6.07, 6.45) is 3.33. The van der Waals surface area contributed by atoms with Crippen molar-refractivity contribution < 1.29 is 9.18 Å². The highest BCUT2D eigenvalue weighted by molar-refractivity contribution is 7.99. The first-order valence-electron chi connectivity index (χ1n) is 6.17. The molecular weight excluding hydrogens is 329 g/mol. The van der Waals surface area contributed by atoms with Gasteiger partial charge in [-0.15, -0.1) is 5.10 Å². The number of nitrogens with zero attached hydrogens (tertiary/aromatic N) is 4. The van der Waals surface area contributed by atoms with Crippen molar-refractivity contribution in [3.8, 4) is 0 Å². The first-order valence-corrected chi connectivity index (χ1v) is 7.53. The van der Waals surface area contributed by atoms with Gasteiger partial charge in [0, 0.05) is 12.4 Å². The Morgan fingerprint density at radius 3 is 3.09 bits per heavy atom. The van der Waals surface area contributed by atoms with E-state index < -0.39 is 5.82 Å². The quantitative estimate of drug-likeness (QED) is 0.741. The van der Waals surface area contributed by atoms with Crippen LogP contribution in [0.1, 0.15) is 0 Å². The minimum absolute atomic E-state index is 0.102. The highest BCUT2D eigenvalue weighted by Crippen LogP contribution is 2.23. The number of hydrogen-bond acceptors (Lipinski definition) is 5. The zero-order valence-electron chi connectivity index (χ0n) is 11.0. The summed E-state index contributed by atoms with van der Waals surface area (Å²) < 4.78 is 14.5. The van der Waals surface area contributed by atoms with Crippen LogP contribution in [0.4, 0.5) is 10.1 Å². The average Bonchev–Trinajstić information content (AvgIpc) is 2.91. The maximum absolute atomic E-state index is 12.9. The highest BCUT2D eigenvalue weighted by Gasteiger charge is 2.10. The fraction of sp³-hybridized carbons (Fsp3) is 0.0769. The van der Waals surface area contributed by atoms with Crippen molar-refractivity contribution in [3.63, 3.8) is 0 Å². The molecule has 3 aromatic rings. The monoisotopic (exact) mass is 337 g/mol. The Labute approximate surface area is 133 Å². The number of thioether (sulfide) groups is 1. The molecule has 0 aliphatic rings. The van der Waals surface area contributed by atoms with Crippen LogP contribution >= 0.6 is 23.4 Å². The lowest BCUT2D eigenvalue weighted by Crippen LogP contribution is -2.14. The molecule has 112 valence electrons. The third-order valence-corrected chi connectivity index (χ3v) is 3.79. The lowest BCUT2D eigenvalue weighted by molar-refractivity contribution is -0.113. The van der Waals surface area contributed by atoms with Crippen molar-refractivity contribution in [1.82, 2.24) is 19.6 Å². The summed E-state index contributed by atoms with van der Waals surface area (Å²) in [4.78, 5) is 20.1. The molecule has 2 heterocycles. The minimum atomic E-state index is -0.459. The molecule has 0 aliphatic heterocycles. The van der Waals surface area contributed by atoms with Crippen LogP contribution in [0.2, 0.25) is 5.02 Å². The van der Waals surface area contributed by atoms with Gasteiger partial charge in [0.05, 0.1) is 16.5 Å². The van der Waals surface area contributed by atoms with Gasteiger partial charge in [-0.25, -0.2) is 13.9 Å². The van der Waals surface area contributed by atoms with Crippen LogP contribution in [0.5, 0.6) is 0 Å². The molecule has 1 aromatic carbocycles. The van der Waals surface area contributed by atoms with Gasteiger partial charge >= 0.3 is 0 Å². The maximum Gasteiger partial charge on any atom is 0.253 e. The van der Waals surface area contributed by atoms with Gasteiger partial charge in [-0.3, -0.25) is 4.79 Å². The van der Waals surface area contributed by atoms with E-state index >= 15 is 0 Å². The number of carbonyl (C=O) groups excluding carboxylic acids is 1. The summed E-state index contributed by atoms with van der Waals surface area (Å²) in [5.41, 5.74) is 0.360. The second-order valence-electron chi connectivity index (χ2n) is 4.22. The molecule has 0 spiro atoms. The number of anilines is 1. The van der Waals surface area contributed by atoms with Crippen LogP contribution in [0, 0.1) is 5.82 Å².